The van der Waals surface area contributed by atoms with Crippen molar-refractivity contribution in [3.8, 4) is 11.1 Å². The summed E-state index contributed by atoms with van der Waals surface area (Å²) in [5.41, 5.74) is 17.6. The van der Waals surface area contributed by atoms with Crippen LogP contribution in [0.2, 0.25) is 0 Å². The first-order chi connectivity index (χ1) is 21.7. The molecule has 44 heavy (non-hydrogen) atoms. The molecule has 0 aliphatic heterocycles. The van der Waals surface area contributed by atoms with E-state index in [0.717, 1.165) is 50.4 Å². The molecule has 214 valence electrons. The van der Waals surface area contributed by atoms with E-state index in [9.17, 15) is 0 Å². The van der Waals surface area contributed by atoms with E-state index in [2.05, 4.69) is 149 Å². The molecule has 0 amide bonds. The number of benzene rings is 6. The number of rotatable bonds is 9. The van der Waals surface area contributed by atoms with E-state index in [-0.39, 0.29) is 6.04 Å². The van der Waals surface area contributed by atoms with E-state index < -0.39 is 0 Å². The molecule has 7 rings (SSSR count). The highest BCUT2D eigenvalue weighted by atomic mass is 14.9. The second-order valence-electron chi connectivity index (χ2n) is 11.0. The molecule has 0 bridgehead atoms. The Labute approximate surface area is 257 Å². The standard InChI is InChI=1S/C40H34N4/c41-36(30-16-6-2-7-17-30)25-38(31-18-8-3-9-19-31)42-27-28-13-12-20-32(23-28)43-39-26-40-35(33-21-10-11-22-37(33)44-40)24-34(39)29-14-4-1-5-15-29/h1-26,36,42-44H,27,41H2/b38-25-. The van der Waals surface area contributed by atoms with Gasteiger partial charge in [0.1, 0.15) is 0 Å². The zero-order valence-electron chi connectivity index (χ0n) is 24.4. The Bertz CT molecular complexity index is 2040. The first kappa shape index (κ1) is 27.3. The maximum atomic E-state index is 6.61. The largest absolute Gasteiger partial charge is 0.381 e. The summed E-state index contributed by atoms with van der Waals surface area (Å²) in [6, 6.07) is 52.5. The number of hydrogen-bond donors (Lipinski definition) is 4. The van der Waals surface area contributed by atoms with E-state index in [1.807, 2.05) is 24.3 Å². The Morgan fingerprint density at radius 2 is 1.36 bits per heavy atom. The Hall–Kier alpha value is -5.58. The van der Waals surface area contributed by atoms with Crippen LogP contribution in [0.25, 0.3) is 38.6 Å². The zero-order chi connectivity index (χ0) is 29.7. The summed E-state index contributed by atoms with van der Waals surface area (Å²) in [5.74, 6) is 0. The number of nitrogens with one attached hydrogen (secondary N) is 3. The van der Waals surface area contributed by atoms with E-state index in [1.54, 1.807) is 0 Å². The number of nitrogens with two attached hydrogens (primary N) is 1. The van der Waals surface area contributed by atoms with Crippen molar-refractivity contribution in [2.75, 3.05) is 5.32 Å². The van der Waals surface area contributed by atoms with Crippen LogP contribution in [0.15, 0.2) is 158 Å². The molecule has 0 saturated carbocycles. The molecule has 0 aliphatic carbocycles. The van der Waals surface area contributed by atoms with Crippen molar-refractivity contribution in [3.05, 3.63) is 174 Å². The van der Waals surface area contributed by atoms with Crippen molar-refractivity contribution in [3.63, 3.8) is 0 Å². The third-order valence-electron chi connectivity index (χ3n) is 8.03. The van der Waals surface area contributed by atoms with Gasteiger partial charge in [0, 0.05) is 51.0 Å². The molecule has 0 aliphatic rings. The average Bonchev–Trinajstić information content (AvgIpc) is 3.45. The molecule has 1 unspecified atom stereocenters. The highest BCUT2D eigenvalue weighted by molar-refractivity contribution is 6.10. The van der Waals surface area contributed by atoms with Crippen LogP contribution in [0, 0.1) is 0 Å². The van der Waals surface area contributed by atoms with Gasteiger partial charge in [-0.1, -0.05) is 121 Å². The van der Waals surface area contributed by atoms with Gasteiger partial charge in [-0.15, -0.1) is 0 Å². The van der Waals surface area contributed by atoms with Gasteiger partial charge < -0.3 is 21.4 Å². The molecule has 7 aromatic rings. The predicted octanol–water partition coefficient (Wildman–Crippen LogP) is 9.56. The van der Waals surface area contributed by atoms with Gasteiger partial charge in [0.05, 0.1) is 6.04 Å². The number of aromatic amines is 1. The minimum absolute atomic E-state index is 0.220. The van der Waals surface area contributed by atoms with E-state index in [1.165, 1.54) is 16.3 Å². The smallest absolute Gasteiger partial charge is 0.0504 e. The molecule has 4 nitrogen and oxygen atoms in total. The van der Waals surface area contributed by atoms with Crippen molar-refractivity contribution in [1.82, 2.24) is 10.3 Å². The summed E-state index contributed by atoms with van der Waals surface area (Å²) in [5, 5.41) is 9.86. The molecule has 0 radical (unpaired) electrons. The Morgan fingerprint density at radius 1 is 0.659 bits per heavy atom. The highest BCUT2D eigenvalue weighted by Gasteiger charge is 2.13. The van der Waals surface area contributed by atoms with Crippen molar-refractivity contribution < 1.29 is 0 Å². The first-order valence-electron chi connectivity index (χ1n) is 15.0. The Kier molecular flexibility index (Phi) is 7.65. The minimum Gasteiger partial charge on any atom is -0.381 e. The molecule has 4 heteroatoms. The summed E-state index contributed by atoms with van der Waals surface area (Å²) >= 11 is 0. The number of fused-ring (bicyclic) bond motifs is 3. The summed E-state index contributed by atoms with van der Waals surface area (Å²) in [4.78, 5) is 3.60. The first-order valence-corrected chi connectivity index (χ1v) is 15.0. The maximum Gasteiger partial charge on any atom is 0.0504 e. The van der Waals surface area contributed by atoms with Gasteiger partial charge in [-0.3, -0.25) is 0 Å². The maximum absolute atomic E-state index is 6.61. The number of H-pyrrole nitrogens is 1. The topological polar surface area (TPSA) is 65.9 Å². The molecule has 0 fully saturated rings. The van der Waals surface area contributed by atoms with Crippen LogP contribution in [-0.2, 0) is 6.54 Å². The summed E-state index contributed by atoms with van der Waals surface area (Å²) in [6.45, 7) is 0.657. The Balaban J connectivity index is 1.18. The van der Waals surface area contributed by atoms with Gasteiger partial charge in [0.25, 0.3) is 0 Å². The number of hydrogen-bond acceptors (Lipinski definition) is 3. The molecule has 5 N–H and O–H groups in total. The highest BCUT2D eigenvalue weighted by Crippen LogP contribution is 2.37. The van der Waals surface area contributed by atoms with Gasteiger partial charge >= 0.3 is 0 Å². The fourth-order valence-electron chi connectivity index (χ4n) is 5.80. The lowest BCUT2D eigenvalue weighted by Gasteiger charge is -2.17. The van der Waals surface area contributed by atoms with Crippen molar-refractivity contribution in [2.24, 2.45) is 5.73 Å². The van der Waals surface area contributed by atoms with Crippen LogP contribution in [-0.4, -0.2) is 4.98 Å². The Morgan fingerprint density at radius 3 is 2.16 bits per heavy atom. The summed E-state index contributed by atoms with van der Waals surface area (Å²) in [7, 11) is 0. The fourth-order valence-corrected chi connectivity index (χ4v) is 5.80. The molecule has 6 aromatic carbocycles. The molecular formula is C40H34N4. The van der Waals surface area contributed by atoms with Crippen molar-refractivity contribution >= 4 is 38.9 Å². The second-order valence-corrected chi connectivity index (χ2v) is 11.0. The second kappa shape index (κ2) is 12.3. The molecule has 1 aromatic heterocycles. The molecule has 1 heterocycles. The lowest BCUT2D eigenvalue weighted by Crippen LogP contribution is -2.16. The lowest BCUT2D eigenvalue weighted by atomic mass is 10.00. The van der Waals surface area contributed by atoms with Crippen LogP contribution in [0.1, 0.15) is 22.7 Å². The van der Waals surface area contributed by atoms with Crippen LogP contribution < -0.4 is 16.4 Å². The number of aromatic nitrogens is 1. The van der Waals surface area contributed by atoms with Crippen LogP contribution >= 0.6 is 0 Å². The fraction of sp³-hybridized carbons (Fsp3) is 0.0500. The zero-order valence-corrected chi connectivity index (χ0v) is 24.4. The van der Waals surface area contributed by atoms with Crippen LogP contribution in [0.5, 0.6) is 0 Å². The lowest BCUT2D eigenvalue weighted by molar-refractivity contribution is 0.858. The molecule has 1 atom stereocenters. The normalized spacial score (nSPS) is 12.3. The quantitative estimate of drug-likeness (QED) is 0.140. The van der Waals surface area contributed by atoms with Crippen molar-refractivity contribution in [1.29, 1.82) is 0 Å². The van der Waals surface area contributed by atoms with Crippen LogP contribution in [0.3, 0.4) is 0 Å². The van der Waals surface area contributed by atoms with Gasteiger partial charge in [0.2, 0.25) is 0 Å². The summed E-state index contributed by atoms with van der Waals surface area (Å²) in [6.07, 6.45) is 2.11. The minimum atomic E-state index is -0.220. The molecular weight excluding hydrogens is 536 g/mol. The SMILES string of the molecule is NC(/C=C(\NCc1cccc(Nc2cc3[nH]c4ccccc4c3cc2-c2ccccc2)c1)c1ccccc1)c1ccccc1. The van der Waals surface area contributed by atoms with Gasteiger partial charge in [-0.05, 0) is 58.7 Å². The third kappa shape index (κ3) is 5.84. The van der Waals surface area contributed by atoms with Gasteiger partial charge in [-0.2, -0.15) is 0 Å². The van der Waals surface area contributed by atoms with E-state index in [4.69, 9.17) is 5.73 Å². The molecule has 0 spiro atoms. The van der Waals surface area contributed by atoms with Gasteiger partial charge in [0.15, 0.2) is 0 Å². The van der Waals surface area contributed by atoms with E-state index in [0.29, 0.717) is 6.54 Å². The third-order valence-corrected chi connectivity index (χ3v) is 8.03. The van der Waals surface area contributed by atoms with Crippen LogP contribution in [0.4, 0.5) is 11.4 Å². The number of anilines is 2. The predicted molar refractivity (Wildman–Crippen MR) is 186 cm³/mol. The van der Waals surface area contributed by atoms with E-state index >= 15 is 0 Å². The molecule has 0 saturated heterocycles. The number of para-hydroxylation sites is 1. The van der Waals surface area contributed by atoms with Gasteiger partial charge in [-0.25, -0.2) is 0 Å². The average molecular weight is 571 g/mol. The monoisotopic (exact) mass is 570 g/mol. The van der Waals surface area contributed by atoms with Crippen molar-refractivity contribution in [2.45, 2.75) is 12.6 Å². The summed E-state index contributed by atoms with van der Waals surface area (Å²) < 4.78 is 0.